The Morgan fingerprint density at radius 2 is 1.92 bits per heavy atom. The number of piperazine rings is 1. The van der Waals surface area contributed by atoms with E-state index in [1.165, 1.54) is 0 Å². The molecule has 0 spiro atoms. The predicted octanol–water partition coefficient (Wildman–Crippen LogP) is 1.32. The van der Waals surface area contributed by atoms with Crippen LogP contribution >= 0.6 is 0 Å². The zero-order chi connectivity index (χ0) is 24.6. The van der Waals surface area contributed by atoms with Crippen LogP contribution in [0.3, 0.4) is 0 Å². The lowest BCUT2D eigenvalue weighted by Gasteiger charge is -2.46. The molecule has 10 nitrogen and oxygen atoms in total. The Kier molecular flexibility index (Phi) is 6.21. The third-order valence-corrected chi connectivity index (χ3v) is 8.02. The molecule has 3 aromatic rings. The van der Waals surface area contributed by atoms with Gasteiger partial charge in [-0.1, -0.05) is 0 Å². The summed E-state index contributed by atoms with van der Waals surface area (Å²) in [5, 5.41) is 13.8. The third-order valence-electron chi connectivity index (χ3n) is 8.02. The number of nitrogens with zero attached hydrogens (tertiary/aromatic N) is 9. The van der Waals surface area contributed by atoms with E-state index in [9.17, 15) is 5.26 Å². The van der Waals surface area contributed by atoms with Crippen molar-refractivity contribution in [2.75, 3.05) is 55.6 Å². The van der Waals surface area contributed by atoms with Crippen molar-refractivity contribution in [3.8, 4) is 6.07 Å². The second-order valence-corrected chi connectivity index (χ2v) is 10.4. The van der Waals surface area contributed by atoms with Crippen molar-refractivity contribution >= 4 is 17.0 Å². The molecule has 3 saturated heterocycles. The van der Waals surface area contributed by atoms with Crippen LogP contribution < -0.4 is 15.5 Å². The van der Waals surface area contributed by atoms with E-state index < -0.39 is 0 Å². The quantitative estimate of drug-likeness (QED) is 0.584. The van der Waals surface area contributed by atoms with Crippen LogP contribution in [0.15, 0.2) is 36.8 Å². The van der Waals surface area contributed by atoms with Crippen LogP contribution in [0, 0.1) is 11.3 Å². The SMILES string of the molecule is CC1CN(c2ccc(C#N)n3nccc23)CC2CCN(Cc3cnc(N4CCC(N)C4)cn3)CCN12. The molecule has 0 aliphatic carbocycles. The summed E-state index contributed by atoms with van der Waals surface area (Å²) in [5.74, 6) is 0.934. The van der Waals surface area contributed by atoms with Gasteiger partial charge in [-0.2, -0.15) is 10.4 Å². The molecule has 36 heavy (non-hydrogen) atoms. The van der Waals surface area contributed by atoms with Gasteiger partial charge in [0.25, 0.3) is 0 Å². The van der Waals surface area contributed by atoms with Gasteiger partial charge in [0.1, 0.15) is 17.6 Å². The number of pyridine rings is 1. The molecule has 3 aromatic heterocycles. The summed E-state index contributed by atoms with van der Waals surface area (Å²) in [5.41, 5.74) is 9.80. The normalized spacial score (nSPS) is 25.6. The lowest BCUT2D eigenvalue weighted by atomic mass is 10.0. The van der Waals surface area contributed by atoms with Crippen molar-refractivity contribution < 1.29 is 0 Å². The maximum absolute atomic E-state index is 9.44. The van der Waals surface area contributed by atoms with Gasteiger partial charge in [0.05, 0.1) is 35.5 Å². The largest absolute Gasteiger partial charge is 0.367 e. The molecule has 188 valence electrons. The first-order valence-electron chi connectivity index (χ1n) is 13.0. The van der Waals surface area contributed by atoms with E-state index in [1.807, 2.05) is 24.5 Å². The fraction of sp³-hybridized carbons (Fsp3) is 0.538. The Bertz CT molecular complexity index is 1250. The van der Waals surface area contributed by atoms with E-state index in [0.717, 1.165) is 87.9 Å². The molecule has 2 N–H and O–H groups in total. The highest BCUT2D eigenvalue weighted by atomic mass is 15.3. The van der Waals surface area contributed by atoms with Crippen molar-refractivity contribution in [2.45, 2.75) is 44.4 Å². The minimum absolute atomic E-state index is 0.239. The van der Waals surface area contributed by atoms with Crippen molar-refractivity contribution in [2.24, 2.45) is 5.73 Å². The third kappa shape index (κ3) is 4.39. The fourth-order valence-corrected chi connectivity index (χ4v) is 6.11. The minimum Gasteiger partial charge on any atom is -0.367 e. The number of nitriles is 1. The number of hydrogen-bond donors (Lipinski definition) is 1. The Morgan fingerprint density at radius 3 is 2.69 bits per heavy atom. The van der Waals surface area contributed by atoms with Crippen molar-refractivity contribution in [1.82, 2.24) is 29.4 Å². The second kappa shape index (κ2) is 9.65. The van der Waals surface area contributed by atoms with Crippen molar-refractivity contribution in [1.29, 1.82) is 5.26 Å². The average molecular weight is 487 g/mol. The topological polar surface area (TPSA) is 106 Å². The first-order valence-corrected chi connectivity index (χ1v) is 13.0. The smallest absolute Gasteiger partial charge is 0.147 e. The van der Waals surface area contributed by atoms with Crippen molar-refractivity contribution in [3.63, 3.8) is 0 Å². The molecule has 6 heterocycles. The van der Waals surface area contributed by atoms with Gasteiger partial charge < -0.3 is 15.5 Å². The molecule has 3 aliphatic rings. The summed E-state index contributed by atoms with van der Waals surface area (Å²) in [6.45, 7) is 10.1. The van der Waals surface area contributed by atoms with E-state index in [1.54, 1.807) is 10.7 Å². The average Bonchev–Trinajstić information content (AvgIpc) is 3.50. The zero-order valence-corrected chi connectivity index (χ0v) is 20.9. The highest BCUT2D eigenvalue weighted by Gasteiger charge is 2.35. The summed E-state index contributed by atoms with van der Waals surface area (Å²) in [6.07, 6.45) is 7.75. The molecule has 3 fully saturated rings. The van der Waals surface area contributed by atoms with Crippen LogP contribution in [0.5, 0.6) is 0 Å². The van der Waals surface area contributed by atoms with Crippen LogP contribution in [0.2, 0.25) is 0 Å². The molecule has 0 saturated carbocycles. The van der Waals surface area contributed by atoms with E-state index >= 15 is 0 Å². The predicted molar refractivity (Wildman–Crippen MR) is 139 cm³/mol. The van der Waals surface area contributed by atoms with Crippen LogP contribution in [0.25, 0.3) is 5.52 Å². The Hall–Kier alpha value is -3.26. The van der Waals surface area contributed by atoms with E-state index in [0.29, 0.717) is 17.8 Å². The Balaban J connectivity index is 1.12. The molecule has 10 heteroatoms. The number of hydrogen-bond acceptors (Lipinski definition) is 9. The van der Waals surface area contributed by atoms with Gasteiger partial charge >= 0.3 is 0 Å². The molecule has 0 bridgehead atoms. The number of rotatable bonds is 4. The molecule has 0 radical (unpaired) electrons. The Morgan fingerprint density at radius 1 is 1.00 bits per heavy atom. The summed E-state index contributed by atoms with van der Waals surface area (Å²) in [4.78, 5) is 19.3. The molecule has 3 unspecified atom stereocenters. The maximum atomic E-state index is 9.44. The highest BCUT2D eigenvalue weighted by molar-refractivity contribution is 5.74. The van der Waals surface area contributed by atoms with E-state index in [4.69, 9.17) is 10.7 Å². The fourth-order valence-electron chi connectivity index (χ4n) is 6.11. The van der Waals surface area contributed by atoms with Gasteiger partial charge in [0.15, 0.2) is 0 Å². The molecule has 0 aromatic carbocycles. The molecule has 3 aliphatic heterocycles. The van der Waals surface area contributed by atoms with Gasteiger partial charge in [0.2, 0.25) is 0 Å². The minimum atomic E-state index is 0.239. The molecule has 3 atom stereocenters. The molecule has 6 rings (SSSR count). The van der Waals surface area contributed by atoms with Crippen LogP contribution in [-0.2, 0) is 6.54 Å². The van der Waals surface area contributed by atoms with Gasteiger partial charge in [0, 0.05) is 70.5 Å². The summed E-state index contributed by atoms with van der Waals surface area (Å²) in [6, 6.07) is 9.40. The zero-order valence-electron chi connectivity index (χ0n) is 20.9. The lowest BCUT2D eigenvalue weighted by Crippen LogP contribution is -2.58. The highest BCUT2D eigenvalue weighted by Crippen LogP contribution is 2.29. The van der Waals surface area contributed by atoms with Crippen molar-refractivity contribution in [3.05, 3.63) is 48.2 Å². The van der Waals surface area contributed by atoms with Crippen LogP contribution in [0.1, 0.15) is 31.2 Å². The first kappa shape index (κ1) is 23.2. The Labute approximate surface area is 211 Å². The maximum Gasteiger partial charge on any atom is 0.147 e. The van der Waals surface area contributed by atoms with Gasteiger partial charge in [-0.25, -0.2) is 9.50 Å². The number of fused-ring (bicyclic) bond motifs is 2. The number of anilines is 2. The summed E-state index contributed by atoms with van der Waals surface area (Å²) >= 11 is 0. The molecule has 0 amide bonds. The van der Waals surface area contributed by atoms with E-state index in [2.05, 4.69) is 48.7 Å². The number of nitrogens with two attached hydrogens (primary N) is 1. The van der Waals surface area contributed by atoms with Gasteiger partial charge in [-0.15, -0.1) is 0 Å². The van der Waals surface area contributed by atoms with Gasteiger partial charge in [-0.3, -0.25) is 14.8 Å². The van der Waals surface area contributed by atoms with Crippen LogP contribution in [-0.4, -0.2) is 93.3 Å². The summed E-state index contributed by atoms with van der Waals surface area (Å²) < 4.78 is 1.76. The standard InChI is InChI=1S/C26H34N10/c1-19-15-34(24-3-2-22(12-27)36-25(24)4-7-31-36)18-23-6-8-32(10-11-35(19)23)17-21-13-30-26(14-29-21)33-9-5-20(28)16-33/h2-4,7,13-14,19-20,23H,5-6,8-11,15-18,28H2,1H3. The first-order chi connectivity index (χ1) is 17.6. The molecular formula is C26H34N10. The molecular weight excluding hydrogens is 452 g/mol. The summed E-state index contributed by atoms with van der Waals surface area (Å²) in [7, 11) is 0. The van der Waals surface area contributed by atoms with Gasteiger partial charge in [-0.05, 0) is 38.0 Å². The number of aromatic nitrogens is 4. The van der Waals surface area contributed by atoms with Crippen LogP contribution in [0.4, 0.5) is 11.5 Å². The monoisotopic (exact) mass is 486 g/mol. The lowest BCUT2D eigenvalue weighted by molar-refractivity contribution is 0.127. The second-order valence-electron chi connectivity index (χ2n) is 10.4. The van der Waals surface area contributed by atoms with E-state index in [-0.39, 0.29) is 6.04 Å².